The average Bonchev–Trinajstić information content (AvgIpc) is 2.98. The minimum atomic E-state index is -4.35. The number of carbonyl (C=O) groups is 1. The van der Waals surface area contributed by atoms with Gasteiger partial charge in [-0.25, -0.2) is 0 Å². The van der Waals surface area contributed by atoms with E-state index in [1.807, 2.05) is 18.7 Å². The number of nitrogens with zero attached hydrogens (tertiary/aromatic N) is 1. The van der Waals surface area contributed by atoms with Gasteiger partial charge in [-0.3, -0.25) is 4.79 Å². The first-order valence-electron chi connectivity index (χ1n) is 7.90. The van der Waals surface area contributed by atoms with Crippen molar-refractivity contribution in [2.24, 2.45) is 0 Å². The van der Waals surface area contributed by atoms with E-state index in [2.05, 4.69) is 0 Å². The molecule has 2 rings (SSSR count). The molecule has 1 aliphatic carbocycles. The van der Waals surface area contributed by atoms with Crippen molar-refractivity contribution >= 4 is 17.7 Å². The zero-order chi connectivity index (χ0) is 17.0. The molecule has 0 heterocycles. The molecule has 0 aromatic heterocycles. The quantitative estimate of drug-likeness (QED) is 0.702. The highest BCUT2D eigenvalue weighted by Gasteiger charge is 2.31. The van der Waals surface area contributed by atoms with Gasteiger partial charge in [0.15, 0.2) is 0 Å². The van der Waals surface area contributed by atoms with Crippen molar-refractivity contribution in [2.75, 3.05) is 5.75 Å². The average molecular weight is 345 g/mol. The van der Waals surface area contributed by atoms with Crippen LogP contribution in [-0.4, -0.2) is 28.6 Å². The molecule has 1 amide bonds. The molecule has 0 spiro atoms. The SMILES string of the molecule is CC(C)N(C(=O)CSc1cccc(C(F)(F)F)c1)C1CCCC1. The van der Waals surface area contributed by atoms with Gasteiger partial charge in [-0.2, -0.15) is 13.2 Å². The summed E-state index contributed by atoms with van der Waals surface area (Å²) in [7, 11) is 0. The highest BCUT2D eigenvalue weighted by Crippen LogP contribution is 2.32. The zero-order valence-electron chi connectivity index (χ0n) is 13.4. The number of rotatable bonds is 5. The Hall–Kier alpha value is -1.17. The van der Waals surface area contributed by atoms with Crippen molar-refractivity contribution < 1.29 is 18.0 Å². The van der Waals surface area contributed by atoms with Crippen LogP contribution < -0.4 is 0 Å². The monoisotopic (exact) mass is 345 g/mol. The zero-order valence-corrected chi connectivity index (χ0v) is 14.2. The van der Waals surface area contributed by atoms with Gasteiger partial charge < -0.3 is 4.90 Å². The molecular formula is C17H22F3NOS. The van der Waals surface area contributed by atoms with E-state index in [4.69, 9.17) is 0 Å². The lowest BCUT2D eigenvalue weighted by molar-refractivity contribution is -0.137. The van der Waals surface area contributed by atoms with Gasteiger partial charge in [-0.1, -0.05) is 18.9 Å². The van der Waals surface area contributed by atoms with E-state index in [9.17, 15) is 18.0 Å². The fourth-order valence-electron chi connectivity index (χ4n) is 3.08. The standard InChI is InChI=1S/C17H22F3NOS/c1-12(2)21(14-7-3-4-8-14)16(22)11-23-15-9-5-6-13(10-15)17(18,19)20/h5-6,9-10,12,14H,3-4,7-8,11H2,1-2H3. The molecule has 1 saturated carbocycles. The van der Waals surface area contributed by atoms with Crippen LogP contribution in [-0.2, 0) is 11.0 Å². The molecule has 1 aromatic carbocycles. The summed E-state index contributed by atoms with van der Waals surface area (Å²) in [4.78, 5) is 14.9. The fraction of sp³-hybridized carbons (Fsp3) is 0.588. The summed E-state index contributed by atoms with van der Waals surface area (Å²) in [6.07, 6.45) is -0.0193. The fourth-order valence-corrected chi connectivity index (χ4v) is 3.90. The molecule has 0 unspecified atom stereocenters. The topological polar surface area (TPSA) is 20.3 Å². The van der Waals surface area contributed by atoms with Gasteiger partial charge in [-0.15, -0.1) is 11.8 Å². The van der Waals surface area contributed by atoms with Gasteiger partial charge in [0.05, 0.1) is 11.3 Å². The van der Waals surface area contributed by atoms with Gasteiger partial charge in [0.25, 0.3) is 0 Å². The van der Waals surface area contributed by atoms with Gasteiger partial charge in [0.2, 0.25) is 5.91 Å². The summed E-state index contributed by atoms with van der Waals surface area (Å²) in [6, 6.07) is 5.55. The van der Waals surface area contributed by atoms with Crippen LogP contribution in [0.25, 0.3) is 0 Å². The smallest absolute Gasteiger partial charge is 0.337 e. The number of carbonyl (C=O) groups excluding carboxylic acids is 1. The van der Waals surface area contributed by atoms with Gasteiger partial charge >= 0.3 is 6.18 Å². The van der Waals surface area contributed by atoms with Crippen LogP contribution >= 0.6 is 11.8 Å². The van der Waals surface area contributed by atoms with Crippen LogP contribution in [0, 0.1) is 0 Å². The molecule has 6 heteroatoms. The molecule has 0 aliphatic heterocycles. The Balaban J connectivity index is 2.00. The molecule has 0 radical (unpaired) electrons. The molecule has 128 valence electrons. The third-order valence-electron chi connectivity index (χ3n) is 4.09. The van der Waals surface area contributed by atoms with Gasteiger partial charge in [0, 0.05) is 17.0 Å². The number of benzene rings is 1. The second-order valence-electron chi connectivity index (χ2n) is 6.15. The molecule has 1 aromatic rings. The number of hydrogen-bond donors (Lipinski definition) is 0. The van der Waals surface area contributed by atoms with Crippen molar-refractivity contribution in [2.45, 2.75) is 62.7 Å². The van der Waals surface area contributed by atoms with Crippen molar-refractivity contribution in [3.8, 4) is 0 Å². The van der Waals surface area contributed by atoms with Crippen LogP contribution in [0.3, 0.4) is 0 Å². The maximum absolute atomic E-state index is 12.7. The summed E-state index contributed by atoms with van der Waals surface area (Å²) < 4.78 is 38.2. The number of halogens is 3. The third-order valence-corrected chi connectivity index (χ3v) is 5.06. The minimum Gasteiger partial charge on any atom is -0.337 e. The highest BCUT2D eigenvalue weighted by atomic mass is 32.2. The van der Waals surface area contributed by atoms with E-state index in [0.717, 1.165) is 37.8 Å². The van der Waals surface area contributed by atoms with E-state index in [1.54, 1.807) is 6.07 Å². The normalized spacial score (nSPS) is 16.1. The molecule has 0 atom stereocenters. The van der Waals surface area contributed by atoms with E-state index < -0.39 is 11.7 Å². The Bertz CT molecular complexity index is 539. The van der Waals surface area contributed by atoms with E-state index in [1.165, 1.54) is 17.8 Å². The first kappa shape index (κ1) is 18.2. The van der Waals surface area contributed by atoms with Crippen LogP contribution in [0.15, 0.2) is 29.2 Å². The van der Waals surface area contributed by atoms with Crippen molar-refractivity contribution in [1.29, 1.82) is 0 Å². The molecule has 1 fully saturated rings. The van der Waals surface area contributed by atoms with E-state index >= 15 is 0 Å². The predicted octanol–water partition coefficient (Wildman–Crippen LogP) is 4.98. The molecule has 1 aliphatic rings. The van der Waals surface area contributed by atoms with Crippen molar-refractivity contribution in [3.63, 3.8) is 0 Å². The predicted molar refractivity (Wildman–Crippen MR) is 86.4 cm³/mol. The Labute approximate surface area is 139 Å². The molecule has 23 heavy (non-hydrogen) atoms. The summed E-state index contributed by atoms with van der Waals surface area (Å²) >= 11 is 1.17. The van der Waals surface area contributed by atoms with Gasteiger partial charge in [0.1, 0.15) is 0 Å². The van der Waals surface area contributed by atoms with Crippen LogP contribution in [0.4, 0.5) is 13.2 Å². The van der Waals surface area contributed by atoms with Crippen LogP contribution in [0.5, 0.6) is 0 Å². The second kappa shape index (κ2) is 7.60. The number of alkyl halides is 3. The van der Waals surface area contributed by atoms with Crippen LogP contribution in [0.2, 0.25) is 0 Å². The second-order valence-corrected chi connectivity index (χ2v) is 7.20. The maximum Gasteiger partial charge on any atom is 0.416 e. The summed E-state index contributed by atoms with van der Waals surface area (Å²) in [5, 5.41) is 0. The summed E-state index contributed by atoms with van der Waals surface area (Å²) in [5.74, 6) is 0.185. The first-order valence-corrected chi connectivity index (χ1v) is 8.89. The van der Waals surface area contributed by atoms with Crippen molar-refractivity contribution in [3.05, 3.63) is 29.8 Å². The lowest BCUT2D eigenvalue weighted by Crippen LogP contribution is -2.44. The Morgan fingerprint density at radius 2 is 1.96 bits per heavy atom. The van der Waals surface area contributed by atoms with Gasteiger partial charge in [-0.05, 0) is 44.9 Å². The molecular weight excluding hydrogens is 323 g/mol. The molecule has 2 nitrogen and oxygen atoms in total. The lowest BCUT2D eigenvalue weighted by Gasteiger charge is -2.32. The number of thioether (sulfide) groups is 1. The summed E-state index contributed by atoms with van der Waals surface area (Å²) in [5.41, 5.74) is -0.675. The van der Waals surface area contributed by atoms with Crippen LogP contribution in [0.1, 0.15) is 45.1 Å². The largest absolute Gasteiger partial charge is 0.416 e. The molecule has 0 saturated heterocycles. The Morgan fingerprint density at radius 3 is 2.52 bits per heavy atom. The molecule has 0 N–H and O–H groups in total. The maximum atomic E-state index is 12.7. The Morgan fingerprint density at radius 1 is 1.30 bits per heavy atom. The first-order chi connectivity index (χ1) is 10.8. The third kappa shape index (κ3) is 4.90. The van der Waals surface area contributed by atoms with Crippen molar-refractivity contribution in [1.82, 2.24) is 4.90 Å². The Kier molecular flexibility index (Phi) is 6.00. The van der Waals surface area contributed by atoms with E-state index in [-0.39, 0.29) is 23.7 Å². The highest BCUT2D eigenvalue weighted by molar-refractivity contribution is 8.00. The summed E-state index contributed by atoms with van der Waals surface area (Å²) in [6.45, 7) is 3.98. The lowest BCUT2D eigenvalue weighted by atomic mass is 10.1. The number of amides is 1. The minimum absolute atomic E-state index is 0.00862. The molecule has 0 bridgehead atoms. The number of hydrogen-bond acceptors (Lipinski definition) is 2. The van der Waals surface area contributed by atoms with E-state index in [0.29, 0.717) is 4.90 Å².